The summed E-state index contributed by atoms with van der Waals surface area (Å²) < 4.78 is 18.1. The zero-order valence-corrected chi connectivity index (χ0v) is 22.1. The first kappa shape index (κ1) is 26.1. The molecule has 1 N–H and O–H groups in total. The summed E-state index contributed by atoms with van der Waals surface area (Å²) in [6, 6.07) is 24.3. The zero-order valence-electron chi connectivity index (χ0n) is 22.1. The molecule has 3 aromatic rings. The fourth-order valence-electron chi connectivity index (χ4n) is 4.96. The van der Waals surface area contributed by atoms with Gasteiger partial charge in [0.25, 0.3) is 0 Å². The lowest BCUT2D eigenvalue weighted by Gasteiger charge is -2.28. The normalized spacial score (nSPS) is 17.8. The molecule has 0 saturated carbocycles. The molecule has 4 rings (SSSR count). The Kier molecular flexibility index (Phi) is 8.58. The van der Waals surface area contributed by atoms with Crippen molar-refractivity contribution in [1.29, 1.82) is 0 Å². The average Bonchev–Trinajstić information content (AvgIpc) is 2.89. The lowest BCUT2D eigenvalue weighted by Crippen LogP contribution is -2.26. The van der Waals surface area contributed by atoms with Crippen LogP contribution in [0.5, 0.6) is 17.2 Å². The van der Waals surface area contributed by atoms with Crippen LogP contribution in [0.2, 0.25) is 0 Å². The highest BCUT2D eigenvalue weighted by molar-refractivity contribution is 5.34. The van der Waals surface area contributed by atoms with Gasteiger partial charge in [0.05, 0.1) is 6.61 Å². The highest BCUT2D eigenvalue weighted by atomic mass is 16.7. The Hall–Kier alpha value is -2.98. The van der Waals surface area contributed by atoms with Crippen molar-refractivity contribution in [2.45, 2.75) is 83.5 Å². The number of benzene rings is 3. The molecule has 192 valence electrons. The Morgan fingerprint density at radius 1 is 0.889 bits per heavy atom. The molecule has 3 aromatic carbocycles. The monoisotopic (exact) mass is 488 g/mol. The van der Waals surface area contributed by atoms with E-state index < -0.39 is 5.60 Å². The first-order chi connectivity index (χ1) is 17.3. The maximum atomic E-state index is 9.57. The van der Waals surface area contributed by atoms with E-state index >= 15 is 0 Å². The quantitative estimate of drug-likeness (QED) is 0.312. The van der Waals surface area contributed by atoms with E-state index in [0.717, 1.165) is 55.8 Å². The molecule has 0 spiro atoms. The third kappa shape index (κ3) is 6.82. The second-order valence-corrected chi connectivity index (χ2v) is 10.5. The van der Waals surface area contributed by atoms with Gasteiger partial charge in [-0.3, -0.25) is 0 Å². The van der Waals surface area contributed by atoms with Gasteiger partial charge < -0.3 is 19.3 Å². The van der Waals surface area contributed by atoms with Crippen LogP contribution in [0.4, 0.5) is 0 Å². The number of ether oxygens (including phenoxy) is 3. The Morgan fingerprint density at radius 2 is 1.53 bits per heavy atom. The summed E-state index contributed by atoms with van der Waals surface area (Å²) in [7, 11) is 0. The second-order valence-electron chi connectivity index (χ2n) is 10.5. The third-order valence-corrected chi connectivity index (χ3v) is 7.27. The van der Waals surface area contributed by atoms with Crippen LogP contribution >= 0.6 is 0 Å². The van der Waals surface area contributed by atoms with E-state index in [4.69, 9.17) is 14.2 Å². The van der Waals surface area contributed by atoms with Crippen molar-refractivity contribution in [2.24, 2.45) is 0 Å². The topological polar surface area (TPSA) is 47.9 Å². The van der Waals surface area contributed by atoms with Crippen LogP contribution < -0.4 is 9.47 Å². The predicted molar refractivity (Wildman–Crippen MR) is 145 cm³/mol. The Bertz CT molecular complexity index is 1060. The lowest BCUT2D eigenvalue weighted by molar-refractivity contribution is -0.105. The van der Waals surface area contributed by atoms with Gasteiger partial charge in [0, 0.05) is 6.42 Å². The molecule has 0 bridgehead atoms. The van der Waals surface area contributed by atoms with Crippen LogP contribution in [-0.4, -0.2) is 18.0 Å². The van der Waals surface area contributed by atoms with Gasteiger partial charge in [-0.15, -0.1) is 0 Å². The van der Waals surface area contributed by atoms with E-state index in [-0.39, 0.29) is 6.29 Å². The second kappa shape index (κ2) is 11.8. The number of rotatable bonds is 10. The van der Waals surface area contributed by atoms with Crippen LogP contribution in [0, 0.1) is 0 Å². The minimum absolute atomic E-state index is 0.136. The van der Waals surface area contributed by atoms with Gasteiger partial charge >= 0.3 is 0 Å². The van der Waals surface area contributed by atoms with Gasteiger partial charge in [0.2, 0.25) is 0 Å². The lowest BCUT2D eigenvalue weighted by atomic mass is 9.84. The molecule has 4 heteroatoms. The van der Waals surface area contributed by atoms with Crippen LogP contribution in [0.15, 0.2) is 72.8 Å². The fraction of sp³-hybridized carbons (Fsp3) is 0.438. The van der Waals surface area contributed by atoms with E-state index in [1.807, 2.05) is 24.3 Å². The summed E-state index contributed by atoms with van der Waals surface area (Å²) in [6.45, 7) is 9.46. The molecule has 1 aliphatic rings. The van der Waals surface area contributed by atoms with Crippen molar-refractivity contribution < 1.29 is 19.3 Å². The molecule has 1 fully saturated rings. The largest absolute Gasteiger partial charge is 0.508 e. The van der Waals surface area contributed by atoms with E-state index in [1.165, 1.54) is 11.1 Å². The highest BCUT2D eigenvalue weighted by Gasteiger charge is 2.24. The summed E-state index contributed by atoms with van der Waals surface area (Å²) in [5.41, 5.74) is 3.21. The summed E-state index contributed by atoms with van der Waals surface area (Å²) in [5.74, 6) is 2.90. The van der Waals surface area contributed by atoms with Crippen LogP contribution in [0.1, 0.15) is 88.3 Å². The van der Waals surface area contributed by atoms with Crippen molar-refractivity contribution in [3.05, 3.63) is 89.5 Å². The average molecular weight is 489 g/mol. The van der Waals surface area contributed by atoms with E-state index in [0.29, 0.717) is 17.6 Å². The minimum Gasteiger partial charge on any atom is -0.508 e. The summed E-state index contributed by atoms with van der Waals surface area (Å²) >= 11 is 0. The molecule has 1 aliphatic heterocycles. The summed E-state index contributed by atoms with van der Waals surface area (Å²) in [5, 5.41) is 9.57. The first-order valence-electron chi connectivity index (χ1n) is 13.3. The molecular weight excluding hydrogens is 448 g/mol. The van der Waals surface area contributed by atoms with Gasteiger partial charge in [-0.05, 0) is 104 Å². The Labute approximate surface area is 216 Å². The van der Waals surface area contributed by atoms with Crippen LogP contribution in [0.3, 0.4) is 0 Å². The standard InChI is InChI=1S/C32H40O4/c1-5-24(22-23(2)25-9-15-28(33)16-10-25)26-11-17-30(18-12-26)36-32(3,4)27-13-19-29(20-14-27)35-31-8-6-7-21-34-31/h9-20,23-24,31,33H,5-8,21-22H2,1-4H3. The van der Waals surface area contributed by atoms with E-state index in [9.17, 15) is 5.11 Å². The molecule has 4 nitrogen and oxygen atoms in total. The van der Waals surface area contributed by atoms with Crippen molar-refractivity contribution in [3.8, 4) is 17.2 Å². The van der Waals surface area contributed by atoms with Crippen molar-refractivity contribution in [1.82, 2.24) is 0 Å². The predicted octanol–water partition coefficient (Wildman–Crippen LogP) is 8.30. The SMILES string of the molecule is CCC(CC(C)c1ccc(O)cc1)c1ccc(OC(C)(C)c2ccc(OC3CCCCO3)cc2)cc1. The molecule has 3 unspecified atom stereocenters. The smallest absolute Gasteiger partial charge is 0.199 e. The van der Waals surface area contributed by atoms with Gasteiger partial charge in [-0.25, -0.2) is 0 Å². The Morgan fingerprint density at radius 3 is 2.14 bits per heavy atom. The fourth-order valence-corrected chi connectivity index (χ4v) is 4.96. The van der Waals surface area contributed by atoms with Crippen molar-refractivity contribution in [3.63, 3.8) is 0 Å². The molecule has 36 heavy (non-hydrogen) atoms. The van der Waals surface area contributed by atoms with Gasteiger partial charge in [-0.1, -0.05) is 50.2 Å². The van der Waals surface area contributed by atoms with Gasteiger partial charge in [0.1, 0.15) is 22.8 Å². The highest BCUT2D eigenvalue weighted by Crippen LogP contribution is 2.35. The van der Waals surface area contributed by atoms with Crippen LogP contribution in [0.25, 0.3) is 0 Å². The number of hydrogen-bond acceptors (Lipinski definition) is 4. The number of phenolic OH excluding ortho intramolecular Hbond substituents is 1. The van der Waals surface area contributed by atoms with Crippen molar-refractivity contribution >= 4 is 0 Å². The summed E-state index contributed by atoms with van der Waals surface area (Å²) in [4.78, 5) is 0. The van der Waals surface area contributed by atoms with Gasteiger partial charge in [0.15, 0.2) is 6.29 Å². The minimum atomic E-state index is -0.473. The molecule has 3 atom stereocenters. The Balaban J connectivity index is 1.36. The molecule has 0 amide bonds. The molecule has 1 saturated heterocycles. The van der Waals surface area contributed by atoms with Crippen molar-refractivity contribution in [2.75, 3.05) is 6.61 Å². The third-order valence-electron chi connectivity index (χ3n) is 7.27. The molecule has 0 radical (unpaired) electrons. The number of aromatic hydroxyl groups is 1. The molecule has 0 aromatic heterocycles. The van der Waals surface area contributed by atoms with Crippen LogP contribution in [-0.2, 0) is 10.3 Å². The number of phenols is 1. The molecule has 0 aliphatic carbocycles. The molecular formula is C32H40O4. The first-order valence-corrected chi connectivity index (χ1v) is 13.3. The summed E-state index contributed by atoms with van der Waals surface area (Å²) in [6.07, 6.45) is 5.22. The number of hydrogen-bond donors (Lipinski definition) is 1. The molecule has 1 heterocycles. The maximum Gasteiger partial charge on any atom is 0.199 e. The zero-order chi connectivity index (χ0) is 25.5. The van der Waals surface area contributed by atoms with E-state index in [2.05, 4.69) is 64.1 Å². The maximum absolute atomic E-state index is 9.57. The van der Waals surface area contributed by atoms with E-state index in [1.54, 1.807) is 12.1 Å². The van der Waals surface area contributed by atoms with Gasteiger partial charge in [-0.2, -0.15) is 0 Å².